The number of nitro benzene ring substituents is 1. The van der Waals surface area contributed by atoms with E-state index in [4.69, 9.17) is 5.73 Å². The number of piperidine rings is 1. The Labute approximate surface area is 130 Å². The van der Waals surface area contributed by atoms with Crippen molar-refractivity contribution in [2.24, 2.45) is 5.73 Å². The zero-order valence-corrected chi connectivity index (χ0v) is 13.6. The molecular formula is C14H21N3O4S. The minimum absolute atomic E-state index is 0.0135. The molecule has 1 heterocycles. The normalized spacial score (nSPS) is 20.0. The highest BCUT2D eigenvalue weighted by atomic mass is 32.2. The summed E-state index contributed by atoms with van der Waals surface area (Å²) in [6, 6.07) is 2.31. The Morgan fingerprint density at radius 3 is 2.64 bits per heavy atom. The summed E-state index contributed by atoms with van der Waals surface area (Å²) in [6.07, 6.45) is 2.45. The second kappa shape index (κ2) is 6.31. The van der Waals surface area contributed by atoms with Crippen molar-refractivity contribution in [3.8, 4) is 0 Å². The number of aryl methyl sites for hydroxylation is 1. The number of nitro groups is 1. The van der Waals surface area contributed by atoms with Gasteiger partial charge in [-0.2, -0.15) is 4.31 Å². The Bertz CT molecular complexity index is 688. The van der Waals surface area contributed by atoms with Crippen molar-refractivity contribution < 1.29 is 13.3 Å². The van der Waals surface area contributed by atoms with Crippen molar-refractivity contribution in [3.05, 3.63) is 33.4 Å². The van der Waals surface area contributed by atoms with E-state index in [-0.39, 0.29) is 23.2 Å². The highest BCUT2D eigenvalue weighted by Crippen LogP contribution is 2.31. The number of non-ortho nitro benzene ring substituents is 1. The number of sulfonamides is 1. The van der Waals surface area contributed by atoms with Crippen LogP contribution in [-0.4, -0.2) is 36.8 Å². The Morgan fingerprint density at radius 2 is 2.05 bits per heavy atom. The standard InChI is InChI=1S/C14H21N3O4S/c1-10-7-13(17(18)19)8-14(11(10)2)22(20,21)16-6-4-3-5-12(16)9-15/h7-8,12H,3-6,9,15H2,1-2H3. The van der Waals surface area contributed by atoms with Crippen LogP contribution in [0, 0.1) is 24.0 Å². The van der Waals surface area contributed by atoms with Gasteiger partial charge in [-0.15, -0.1) is 0 Å². The molecule has 1 aliphatic heterocycles. The minimum Gasteiger partial charge on any atom is -0.329 e. The van der Waals surface area contributed by atoms with Crippen LogP contribution in [-0.2, 0) is 10.0 Å². The predicted octanol–water partition coefficient (Wildman–Crippen LogP) is 1.71. The maximum absolute atomic E-state index is 13.0. The molecule has 2 rings (SSSR count). The van der Waals surface area contributed by atoms with Crippen LogP contribution in [0.5, 0.6) is 0 Å². The first kappa shape index (κ1) is 16.9. The lowest BCUT2D eigenvalue weighted by Crippen LogP contribution is -2.47. The molecule has 1 saturated heterocycles. The van der Waals surface area contributed by atoms with Gasteiger partial charge in [0.25, 0.3) is 5.69 Å². The monoisotopic (exact) mass is 327 g/mol. The van der Waals surface area contributed by atoms with Crippen molar-refractivity contribution in [3.63, 3.8) is 0 Å². The van der Waals surface area contributed by atoms with Crippen LogP contribution in [0.25, 0.3) is 0 Å². The summed E-state index contributed by atoms with van der Waals surface area (Å²) in [5.74, 6) is 0. The van der Waals surface area contributed by atoms with E-state index in [1.165, 1.54) is 10.4 Å². The lowest BCUT2D eigenvalue weighted by Gasteiger charge is -2.34. The maximum atomic E-state index is 13.0. The van der Waals surface area contributed by atoms with Gasteiger partial charge in [-0.1, -0.05) is 6.42 Å². The third kappa shape index (κ3) is 2.99. The van der Waals surface area contributed by atoms with E-state index in [1.54, 1.807) is 13.8 Å². The van der Waals surface area contributed by atoms with Crippen molar-refractivity contribution >= 4 is 15.7 Å². The van der Waals surface area contributed by atoms with Gasteiger partial charge in [-0.3, -0.25) is 10.1 Å². The molecule has 1 atom stereocenters. The van der Waals surface area contributed by atoms with Crippen LogP contribution in [0.2, 0.25) is 0 Å². The fraction of sp³-hybridized carbons (Fsp3) is 0.571. The van der Waals surface area contributed by atoms with Crippen LogP contribution in [0.3, 0.4) is 0 Å². The average molecular weight is 327 g/mol. The first-order chi connectivity index (χ1) is 10.3. The van der Waals surface area contributed by atoms with E-state index in [9.17, 15) is 18.5 Å². The first-order valence-corrected chi connectivity index (χ1v) is 8.70. The molecule has 2 N–H and O–H groups in total. The van der Waals surface area contributed by atoms with Crippen LogP contribution < -0.4 is 5.73 Å². The molecule has 7 nitrogen and oxygen atoms in total. The van der Waals surface area contributed by atoms with Gasteiger partial charge < -0.3 is 5.73 Å². The van der Waals surface area contributed by atoms with Crippen molar-refractivity contribution in [1.29, 1.82) is 0 Å². The fourth-order valence-electron chi connectivity index (χ4n) is 2.83. The van der Waals surface area contributed by atoms with Gasteiger partial charge in [0, 0.05) is 31.3 Å². The van der Waals surface area contributed by atoms with Crippen molar-refractivity contribution in [1.82, 2.24) is 4.31 Å². The zero-order valence-electron chi connectivity index (χ0n) is 12.8. The van der Waals surface area contributed by atoms with E-state index >= 15 is 0 Å². The predicted molar refractivity (Wildman–Crippen MR) is 83.2 cm³/mol. The van der Waals surface area contributed by atoms with Crippen LogP contribution in [0.1, 0.15) is 30.4 Å². The average Bonchev–Trinajstić information content (AvgIpc) is 2.49. The second-order valence-electron chi connectivity index (χ2n) is 5.64. The number of hydrogen-bond acceptors (Lipinski definition) is 5. The number of hydrogen-bond donors (Lipinski definition) is 1. The Morgan fingerprint density at radius 1 is 1.36 bits per heavy atom. The summed E-state index contributed by atoms with van der Waals surface area (Å²) in [6.45, 7) is 4.02. The second-order valence-corrected chi connectivity index (χ2v) is 7.50. The first-order valence-electron chi connectivity index (χ1n) is 7.26. The molecule has 0 radical (unpaired) electrons. The Balaban J connectivity index is 2.55. The van der Waals surface area contributed by atoms with Gasteiger partial charge in [0.2, 0.25) is 10.0 Å². The Hall–Kier alpha value is -1.51. The van der Waals surface area contributed by atoms with E-state index in [0.717, 1.165) is 25.3 Å². The van der Waals surface area contributed by atoms with Crippen LogP contribution in [0.4, 0.5) is 5.69 Å². The van der Waals surface area contributed by atoms with Gasteiger partial charge in [-0.05, 0) is 37.8 Å². The maximum Gasteiger partial charge on any atom is 0.271 e. The molecule has 0 spiro atoms. The molecule has 0 amide bonds. The molecule has 0 bridgehead atoms. The lowest BCUT2D eigenvalue weighted by atomic mass is 10.1. The molecular weight excluding hydrogens is 306 g/mol. The Kier molecular flexibility index (Phi) is 4.84. The third-order valence-corrected chi connectivity index (χ3v) is 6.33. The minimum atomic E-state index is -3.78. The van der Waals surface area contributed by atoms with Gasteiger partial charge in [-0.25, -0.2) is 8.42 Å². The SMILES string of the molecule is Cc1cc([N+](=O)[O-])cc(S(=O)(=O)N2CCCCC2CN)c1C. The van der Waals surface area contributed by atoms with Crippen LogP contribution in [0.15, 0.2) is 17.0 Å². The van der Waals surface area contributed by atoms with Gasteiger partial charge in [0.05, 0.1) is 9.82 Å². The number of nitrogens with zero attached hydrogens (tertiary/aromatic N) is 2. The lowest BCUT2D eigenvalue weighted by molar-refractivity contribution is -0.385. The molecule has 0 aromatic heterocycles. The van der Waals surface area contributed by atoms with Gasteiger partial charge in [0.15, 0.2) is 0 Å². The van der Waals surface area contributed by atoms with E-state index in [1.807, 2.05) is 0 Å². The molecule has 1 fully saturated rings. The van der Waals surface area contributed by atoms with Gasteiger partial charge >= 0.3 is 0 Å². The summed E-state index contributed by atoms with van der Waals surface area (Å²) in [5, 5.41) is 11.0. The number of nitrogens with two attached hydrogens (primary N) is 1. The molecule has 22 heavy (non-hydrogen) atoms. The van der Waals surface area contributed by atoms with Gasteiger partial charge in [0.1, 0.15) is 0 Å². The van der Waals surface area contributed by atoms with E-state index in [2.05, 4.69) is 0 Å². The van der Waals surface area contributed by atoms with E-state index in [0.29, 0.717) is 17.7 Å². The largest absolute Gasteiger partial charge is 0.329 e. The van der Waals surface area contributed by atoms with E-state index < -0.39 is 14.9 Å². The summed E-state index contributed by atoms with van der Waals surface area (Å²) >= 11 is 0. The number of rotatable bonds is 4. The third-order valence-electron chi connectivity index (χ3n) is 4.25. The molecule has 1 aliphatic rings. The molecule has 8 heteroatoms. The molecule has 1 aromatic carbocycles. The zero-order chi connectivity index (χ0) is 16.5. The molecule has 0 aliphatic carbocycles. The smallest absolute Gasteiger partial charge is 0.271 e. The molecule has 1 aromatic rings. The summed E-state index contributed by atoms with van der Waals surface area (Å²) in [7, 11) is -3.78. The highest BCUT2D eigenvalue weighted by Gasteiger charge is 2.34. The van der Waals surface area contributed by atoms with Crippen LogP contribution >= 0.6 is 0 Å². The van der Waals surface area contributed by atoms with Crippen molar-refractivity contribution in [2.45, 2.75) is 44.0 Å². The molecule has 122 valence electrons. The summed E-state index contributed by atoms with van der Waals surface area (Å²) in [4.78, 5) is 10.5. The molecule has 0 saturated carbocycles. The summed E-state index contributed by atoms with van der Waals surface area (Å²) in [5.41, 5.74) is 6.63. The fourth-order valence-corrected chi connectivity index (χ4v) is 4.86. The quantitative estimate of drug-likeness (QED) is 0.669. The molecule has 1 unspecified atom stereocenters. The summed E-state index contributed by atoms with van der Waals surface area (Å²) < 4.78 is 27.3. The van der Waals surface area contributed by atoms with Crippen molar-refractivity contribution in [2.75, 3.05) is 13.1 Å². The highest BCUT2D eigenvalue weighted by molar-refractivity contribution is 7.89. The topological polar surface area (TPSA) is 107 Å². The number of benzene rings is 1.